The summed E-state index contributed by atoms with van der Waals surface area (Å²) in [7, 11) is 0. The van der Waals surface area contributed by atoms with Gasteiger partial charge in [-0.25, -0.2) is 0 Å². The van der Waals surface area contributed by atoms with Gasteiger partial charge >= 0.3 is 0 Å². The summed E-state index contributed by atoms with van der Waals surface area (Å²) in [4.78, 5) is 7.03. The molecule has 2 aromatic rings. The molecule has 2 rings (SSSR count). The van der Waals surface area contributed by atoms with Gasteiger partial charge in [0, 0.05) is 32.2 Å². The fraction of sp³-hybridized carbons (Fsp3) is 0.375. The Balaban J connectivity index is 2.19. The van der Waals surface area contributed by atoms with Crippen molar-refractivity contribution in [3.63, 3.8) is 0 Å². The van der Waals surface area contributed by atoms with Crippen LogP contribution in [0.5, 0.6) is 0 Å². The molecule has 0 fully saturated rings. The molecule has 0 heterocycles. The molecular weight excluding hydrogens is 437 g/mol. The highest BCUT2D eigenvalue weighted by atomic mass is 35.5. The van der Waals surface area contributed by atoms with Crippen molar-refractivity contribution >= 4 is 40.7 Å². The van der Waals surface area contributed by atoms with Crippen molar-refractivity contribution in [3.05, 3.63) is 74.7 Å². The second kappa shape index (κ2) is 13.2. The van der Waals surface area contributed by atoms with E-state index in [0.717, 1.165) is 26.8 Å². The summed E-state index contributed by atoms with van der Waals surface area (Å²) in [6.07, 6.45) is 1.36. The summed E-state index contributed by atoms with van der Waals surface area (Å²) in [5.74, 6) is 0.241. The van der Waals surface area contributed by atoms with Gasteiger partial charge in [0.2, 0.25) is 0 Å². The molecule has 0 aliphatic heterocycles. The zero-order valence-corrected chi connectivity index (χ0v) is 20.0. The number of halogens is 2. The van der Waals surface area contributed by atoms with Crippen LogP contribution in [0.3, 0.4) is 0 Å². The van der Waals surface area contributed by atoms with Gasteiger partial charge in [-0.15, -0.1) is 0 Å². The molecule has 0 saturated heterocycles. The molecule has 2 aromatic carbocycles. The summed E-state index contributed by atoms with van der Waals surface area (Å²) in [6.45, 7) is 7.42. The number of aliphatic imine (C=N–C) groups is 1. The van der Waals surface area contributed by atoms with Gasteiger partial charge in [-0.2, -0.15) is 0 Å². The van der Waals surface area contributed by atoms with Crippen LogP contribution in [0.15, 0.2) is 69.0 Å². The van der Waals surface area contributed by atoms with E-state index in [0.29, 0.717) is 36.1 Å². The molecule has 0 bridgehead atoms. The largest absolute Gasteiger partial charge is 0.396 e. The first kappa shape index (κ1) is 25.0. The molecule has 6 heteroatoms. The van der Waals surface area contributed by atoms with Gasteiger partial charge < -0.3 is 9.84 Å². The molecule has 0 aromatic heterocycles. The minimum Gasteiger partial charge on any atom is -0.396 e. The highest BCUT2D eigenvalue weighted by molar-refractivity contribution is 8.03. The minimum absolute atomic E-state index is 0.132. The van der Waals surface area contributed by atoms with Gasteiger partial charge in [0.05, 0.1) is 18.9 Å². The lowest BCUT2D eigenvalue weighted by molar-refractivity contribution is 0.156. The highest BCUT2D eigenvalue weighted by Crippen LogP contribution is 2.35. The van der Waals surface area contributed by atoms with Crippen LogP contribution < -0.4 is 0 Å². The van der Waals surface area contributed by atoms with Crippen LogP contribution >= 0.6 is 35.0 Å². The van der Waals surface area contributed by atoms with Crippen LogP contribution in [0.1, 0.15) is 39.2 Å². The molecule has 0 aliphatic carbocycles. The van der Waals surface area contributed by atoms with Crippen LogP contribution in [0.2, 0.25) is 10.0 Å². The van der Waals surface area contributed by atoms with Gasteiger partial charge in [0.1, 0.15) is 0 Å². The molecule has 0 aliphatic rings. The van der Waals surface area contributed by atoms with E-state index >= 15 is 0 Å². The van der Waals surface area contributed by atoms with E-state index in [1.807, 2.05) is 42.5 Å². The summed E-state index contributed by atoms with van der Waals surface area (Å²) in [5, 5.41) is 10.5. The molecule has 3 nitrogen and oxygen atoms in total. The Morgan fingerprint density at radius 1 is 1.10 bits per heavy atom. The number of aliphatic hydroxyl groups is 1. The summed E-state index contributed by atoms with van der Waals surface area (Å²) in [5.41, 5.74) is 3.07. The van der Waals surface area contributed by atoms with E-state index in [1.54, 1.807) is 17.8 Å². The number of thioether (sulfide) groups is 1. The van der Waals surface area contributed by atoms with Crippen molar-refractivity contribution in [3.8, 4) is 0 Å². The first-order valence-corrected chi connectivity index (χ1v) is 11.6. The van der Waals surface area contributed by atoms with Gasteiger partial charge in [0.25, 0.3) is 0 Å². The van der Waals surface area contributed by atoms with Gasteiger partial charge in [-0.1, -0.05) is 79.1 Å². The van der Waals surface area contributed by atoms with Crippen LogP contribution in [0.4, 0.5) is 0 Å². The molecule has 162 valence electrons. The third-order valence-electron chi connectivity index (χ3n) is 4.30. The number of benzene rings is 2. The van der Waals surface area contributed by atoms with E-state index in [2.05, 4.69) is 20.8 Å². The third kappa shape index (κ3) is 8.83. The molecule has 0 radical (unpaired) electrons. The average molecular weight is 466 g/mol. The van der Waals surface area contributed by atoms with Gasteiger partial charge in [-0.3, -0.25) is 4.99 Å². The Morgan fingerprint density at radius 3 is 2.37 bits per heavy atom. The van der Waals surface area contributed by atoms with Crippen LogP contribution in [-0.4, -0.2) is 24.0 Å². The molecule has 30 heavy (non-hydrogen) atoms. The molecule has 0 unspecified atom stereocenters. The third-order valence-corrected chi connectivity index (χ3v) is 5.72. The van der Waals surface area contributed by atoms with Crippen molar-refractivity contribution in [1.82, 2.24) is 0 Å². The standard InChI is InChI=1S/C24H29Cl2NO2S/c1-17(2)24(18(3)30-23-13-20(25)12-21(26)14-23)27-22(10-7-11-28)16-29-15-19-8-5-4-6-9-19/h4-6,8-9,12-14,17,28H,7,10-11,15-16H2,1-3H3/b24-18+,27-22?. The van der Waals surface area contributed by atoms with E-state index in [4.69, 9.17) is 32.9 Å². The van der Waals surface area contributed by atoms with E-state index < -0.39 is 0 Å². The topological polar surface area (TPSA) is 41.8 Å². The molecule has 0 atom stereocenters. The normalized spacial score (nSPS) is 13.0. The molecule has 1 N–H and O–H groups in total. The van der Waals surface area contributed by atoms with Gasteiger partial charge in [-0.05, 0) is 49.4 Å². The second-order valence-corrected chi connectivity index (χ2v) is 9.45. The van der Waals surface area contributed by atoms with Gasteiger partial charge in [0.15, 0.2) is 0 Å². The number of allylic oxidation sites excluding steroid dienone is 2. The maximum atomic E-state index is 9.28. The monoisotopic (exact) mass is 465 g/mol. The number of hydrogen-bond donors (Lipinski definition) is 1. The van der Waals surface area contributed by atoms with Crippen molar-refractivity contribution in [1.29, 1.82) is 0 Å². The second-order valence-electron chi connectivity index (χ2n) is 7.29. The fourth-order valence-corrected chi connectivity index (χ4v) is 4.67. The molecule has 0 amide bonds. The average Bonchev–Trinajstić information content (AvgIpc) is 2.69. The zero-order valence-electron chi connectivity index (χ0n) is 17.7. The number of ether oxygens (including phenoxy) is 1. The lowest BCUT2D eigenvalue weighted by atomic mass is 10.1. The first-order chi connectivity index (χ1) is 14.4. The molecule has 0 spiro atoms. The quantitative estimate of drug-likeness (QED) is 0.277. The Labute approximate surface area is 194 Å². The molecule has 0 saturated carbocycles. The number of aliphatic hydroxyl groups excluding tert-OH is 1. The number of nitrogens with zero attached hydrogens (tertiary/aromatic N) is 1. The molecular formula is C24H29Cl2NO2S. The Bertz CT molecular complexity index is 847. The Hall–Kier alpha value is -1.30. The highest BCUT2D eigenvalue weighted by Gasteiger charge is 2.12. The summed E-state index contributed by atoms with van der Waals surface area (Å²) in [6, 6.07) is 15.6. The number of rotatable bonds is 11. The van der Waals surface area contributed by atoms with E-state index in [9.17, 15) is 5.11 Å². The maximum Gasteiger partial charge on any atom is 0.0853 e. The van der Waals surface area contributed by atoms with E-state index in [1.165, 1.54) is 0 Å². The lowest BCUT2D eigenvalue weighted by Gasteiger charge is -2.15. The Kier molecular flexibility index (Phi) is 11.0. The van der Waals surface area contributed by atoms with Crippen LogP contribution in [0, 0.1) is 5.92 Å². The first-order valence-electron chi connectivity index (χ1n) is 10.0. The lowest BCUT2D eigenvalue weighted by Crippen LogP contribution is -2.12. The fourth-order valence-electron chi connectivity index (χ4n) is 2.91. The maximum absolute atomic E-state index is 9.28. The smallest absolute Gasteiger partial charge is 0.0853 e. The van der Waals surface area contributed by atoms with E-state index in [-0.39, 0.29) is 12.5 Å². The summed E-state index contributed by atoms with van der Waals surface area (Å²) < 4.78 is 5.91. The minimum atomic E-state index is 0.132. The van der Waals surface area contributed by atoms with Crippen LogP contribution in [-0.2, 0) is 11.3 Å². The van der Waals surface area contributed by atoms with Crippen molar-refractivity contribution in [2.75, 3.05) is 13.2 Å². The van der Waals surface area contributed by atoms with Crippen molar-refractivity contribution in [2.24, 2.45) is 10.9 Å². The Morgan fingerprint density at radius 2 is 1.77 bits per heavy atom. The predicted octanol–water partition coefficient (Wildman–Crippen LogP) is 7.40. The van der Waals surface area contributed by atoms with Crippen LogP contribution in [0.25, 0.3) is 0 Å². The number of hydrogen-bond acceptors (Lipinski definition) is 4. The predicted molar refractivity (Wildman–Crippen MR) is 130 cm³/mol. The van der Waals surface area contributed by atoms with Crippen molar-refractivity contribution < 1.29 is 9.84 Å². The summed E-state index contributed by atoms with van der Waals surface area (Å²) >= 11 is 13.9. The zero-order chi connectivity index (χ0) is 21.9. The SMILES string of the molecule is C/C(Sc1cc(Cl)cc(Cl)c1)=C(\N=C(CCCO)COCc1ccccc1)C(C)C. The van der Waals surface area contributed by atoms with Crippen molar-refractivity contribution in [2.45, 2.75) is 45.1 Å².